The fraction of sp³-hybridized carbons (Fsp3) is 0.269. The molecule has 0 spiro atoms. The summed E-state index contributed by atoms with van der Waals surface area (Å²) in [7, 11) is 1.57. The number of nitrogens with two attached hydrogens (primary N) is 1. The van der Waals surface area contributed by atoms with E-state index in [1.54, 1.807) is 43.5 Å². The predicted molar refractivity (Wildman–Crippen MR) is 145 cm³/mol. The van der Waals surface area contributed by atoms with Crippen molar-refractivity contribution in [2.24, 2.45) is 5.73 Å². The van der Waals surface area contributed by atoms with Gasteiger partial charge in [0, 0.05) is 22.1 Å². The standard InChI is InChI=1S/C26H27ClN4O5S/c1-15-12-18(35-2)9-10-20(15)29-26(34)30-21-13-22(16-5-7-17(27)8-6-16)37-23(21)24(32)36-19-4-3-11-31(14-19)25(28)33/h5-10,12-13,19H,3-4,11,14H2,1-2H3,(H2,28,33)(H2,29,30,34). The van der Waals surface area contributed by atoms with Gasteiger partial charge in [0.25, 0.3) is 0 Å². The molecule has 3 aromatic rings. The van der Waals surface area contributed by atoms with E-state index in [1.807, 2.05) is 19.1 Å². The van der Waals surface area contributed by atoms with Crippen LogP contribution >= 0.6 is 22.9 Å². The van der Waals surface area contributed by atoms with E-state index in [0.29, 0.717) is 41.5 Å². The van der Waals surface area contributed by atoms with Gasteiger partial charge in [0.15, 0.2) is 0 Å². The van der Waals surface area contributed by atoms with Crippen LogP contribution in [0.3, 0.4) is 0 Å². The molecule has 1 saturated heterocycles. The van der Waals surface area contributed by atoms with Gasteiger partial charge >= 0.3 is 18.0 Å². The Morgan fingerprint density at radius 1 is 1.08 bits per heavy atom. The van der Waals surface area contributed by atoms with E-state index in [1.165, 1.54) is 16.2 Å². The van der Waals surface area contributed by atoms with Crippen LogP contribution in [0.25, 0.3) is 10.4 Å². The summed E-state index contributed by atoms with van der Waals surface area (Å²) in [5.74, 6) is 0.0917. The number of urea groups is 2. The van der Waals surface area contributed by atoms with Crippen LogP contribution in [-0.4, -0.2) is 49.2 Å². The van der Waals surface area contributed by atoms with Crippen molar-refractivity contribution in [3.63, 3.8) is 0 Å². The highest BCUT2D eigenvalue weighted by Crippen LogP contribution is 2.36. The lowest BCUT2D eigenvalue weighted by molar-refractivity contribution is 0.0134. The monoisotopic (exact) mass is 542 g/mol. The first kappa shape index (κ1) is 26.3. The number of nitrogens with zero attached hydrogens (tertiary/aromatic N) is 1. The lowest BCUT2D eigenvalue weighted by Crippen LogP contribution is -2.46. The lowest BCUT2D eigenvalue weighted by atomic mass is 10.1. The molecular formula is C26H27ClN4O5S. The summed E-state index contributed by atoms with van der Waals surface area (Å²) in [6.07, 6.45) is 0.805. The SMILES string of the molecule is COc1ccc(NC(=O)Nc2cc(-c3ccc(Cl)cc3)sc2C(=O)OC2CCCN(C(N)=O)C2)c(C)c1. The molecule has 0 bridgehead atoms. The van der Waals surface area contributed by atoms with Gasteiger partial charge < -0.3 is 30.7 Å². The Labute approximate surface area is 223 Å². The summed E-state index contributed by atoms with van der Waals surface area (Å²) in [4.78, 5) is 40.1. The number of likely N-dealkylation sites (tertiary alicyclic amines) is 1. The number of carbonyl (C=O) groups excluding carboxylic acids is 3. The zero-order valence-electron chi connectivity index (χ0n) is 20.4. The molecule has 1 aromatic heterocycles. The molecule has 1 atom stereocenters. The average Bonchev–Trinajstić information content (AvgIpc) is 3.29. The van der Waals surface area contributed by atoms with E-state index in [-0.39, 0.29) is 11.4 Å². The molecule has 37 heavy (non-hydrogen) atoms. The second-order valence-electron chi connectivity index (χ2n) is 8.57. The van der Waals surface area contributed by atoms with Crippen molar-refractivity contribution in [1.82, 2.24) is 4.90 Å². The largest absolute Gasteiger partial charge is 0.497 e. The van der Waals surface area contributed by atoms with Crippen LogP contribution in [0.1, 0.15) is 28.1 Å². The fourth-order valence-electron chi connectivity index (χ4n) is 4.01. The molecule has 11 heteroatoms. The third-order valence-electron chi connectivity index (χ3n) is 5.94. The molecule has 0 aliphatic carbocycles. The van der Waals surface area contributed by atoms with E-state index >= 15 is 0 Å². The summed E-state index contributed by atoms with van der Waals surface area (Å²) in [5.41, 5.74) is 7.96. The Bertz CT molecular complexity index is 1310. The van der Waals surface area contributed by atoms with Crippen molar-refractivity contribution < 1.29 is 23.9 Å². The minimum Gasteiger partial charge on any atom is -0.497 e. The molecule has 1 unspecified atom stereocenters. The molecule has 2 heterocycles. The van der Waals surface area contributed by atoms with Crippen LogP contribution in [0.4, 0.5) is 21.0 Å². The number of nitrogens with one attached hydrogen (secondary N) is 2. The summed E-state index contributed by atoms with van der Waals surface area (Å²) in [6, 6.07) is 13.1. The highest BCUT2D eigenvalue weighted by atomic mass is 35.5. The van der Waals surface area contributed by atoms with Crippen molar-refractivity contribution in [3.8, 4) is 16.2 Å². The maximum Gasteiger partial charge on any atom is 0.350 e. The number of aryl methyl sites for hydroxylation is 1. The third-order valence-corrected chi connectivity index (χ3v) is 7.36. The Morgan fingerprint density at radius 3 is 2.49 bits per heavy atom. The van der Waals surface area contributed by atoms with Gasteiger partial charge in [0.1, 0.15) is 16.7 Å². The molecule has 0 saturated carbocycles. The number of rotatable bonds is 6. The fourth-order valence-corrected chi connectivity index (χ4v) is 5.14. The summed E-state index contributed by atoms with van der Waals surface area (Å²) >= 11 is 7.22. The van der Waals surface area contributed by atoms with Crippen LogP contribution < -0.4 is 21.1 Å². The van der Waals surface area contributed by atoms with E-state index in [0.717, 1.165) is 16.0 Å². The number of thiophene rings is 1. The number of carbonyl (C=O) groups is 3. The van der Waals surface area contributed by atoms with Crippen molar-refractivity contribution >= 4 is 52.3 Å². The number of hydrogen-bond acceptors (Lipinski definition) is 6. The van der Waals surface area contributed by atoms with Gasteiger partial charge in [-0.3, -0.25) is 0 Å². The molecule has 1 fully saturated rings. The molecular weight excluding hydrogens is 516 g/mol. The number of primary amides is 1. The van der Waals surface area contributed by atoms with Gasteiger partial charge in [-0.25, -0.2) is 14.4 Å². The van der Waals surface area contributed by atoms with Gasteiger partial charge in [-0.1, -0.05) is 23.7 Å². The summed E-state index contributed by atoms with van der Waals surface area (Å²) in [5, 5.41) is 6.17. The Hall–Kier alpha value is -3.76. The maximum atomic E-state index is 13.2. The minimum absolute atomic E-state index is 0.233. The number of benzene rings is 2. The van der Waals surface area contributed by atoms with Crippen LogP contribution in [0.5, 0.6) is 5.75 Å². The van der Waals surface area contributed by atoms with Gasteiger partial charge in [0.2, 0.25) is 0 Å². The highest BCUT2D eigenvalue weighted by molar-refractivity contribution is 7.18. The van der Waals surface area contributed by atoms with E-state index < -0.39 is 24.1 Å². The third kappa shape index (κ3) is 6.52. The topological polar surface area (TPSA) is 123 Å². The Balaban J connectivity index is 1.56. The average molecular weight is 543 g/mol. The first-order valence-corrected chi connectivity index (χ1v) is 12.8. The van der Waals surface area contributed by atoms with Crippen LogP contribution in [0, 0.1) is 6.92 Å². The number of methoxy groups -OCH3 is 1. The van der Waals surface area contributed by atoms with E-state index in [4.69, 9.17) is 26.8 Å². The minimum atomic E-state index is -0.586. The number of anilines is 2. The molecule has 1 aliphatic heterocycles. The second-order valence-corrected chi connectivity index (χ2v) is 10.1. The number of ether oxygens (including phenoxy) is 2. The normalized spacial score (nSPS) is 15.1. The molecule has 4 N–H and O–H groups in total. The van der Waals surface area contributed by atoms with Gasteiger partial charge in [-0.2, -0.15) is 0 Å². The maximum absolute atomic E-state index is 13.2. The van der Waals surface area contributed by atoms with E-state index in [9.17, 15) is 14.4 Å². The summed E-state index contributed by atoms with van der Waals surface area (Å²) < 4.78 is 10.9. The first-order chi connectivity index (χ1) is 17.7. The second kappa shape index (κ2) is 11.5. The van der Waals surface area contributed by atoms with Gasteiger partial charge in [-0.05, 0) is 67.3 Å². The van der Waals surface area contributed by atoms with Crippen LogP contribution in [0.15, 0.2) is 48.5 Å². The lowest BCUT2D eigenvalue weighted by Gasteiger charge is -2.31. The number of piperidine rings is 1. The molecule has 4 amide bonds. The quantitative estimate of drug-likeness (QED) is 0.343. The molecule has 9 nitrogen and oxygen atoms in total. The predicted octanol–water partition coefficient (Wildman–Crippen LogP) is 5.73. The van der Waals surface area contributed by atoms with Gasteiger partial charge in [-0.15, -0.1) is 11.3 Å². The number of amides is 4. The summed E-state index contributed by atoms with van der Waals surface area (Å²) in [6.45, 7) is 2.61. The van der Waals surface area contributed by atoms with Crippen LogP contribution in [-0.2, 0) is 4.74 Å². The van der Waals surface area contributed by atoms with Crippen molar-refractivity contribution in [1.29, 1.82) is 0 Å². The Kier molecular flexibility index (Phi) is 8.20. The highest BCUT2D eigenvalue weighted by Gasteiger charge is 2.28. The van der Waals surface area contributed by atoms with Crippen LogP contribution in [0.2, 0.25) is 5.02 Å². The van der Waals surface area contributed by atoms with E-state index in [2.05, 4.69) is 10.6 Å². The first-order valence-electron chi connectivity index (χ1n) is 11.6. The molecule has 4 rings (SSSR count). The van der Waals surface area contributed by atoms with Crippen molar-refractivity contribution in [3.05, 3.63) is 64.0 Å². The van der Waals surface area contributed by atoms with Crippen molar-refractivity contribution in [2.45, 2.75) is 25.9 Å². The number of hydrogen-bond donors (Lipinski definition) is 3. The van der Waals surface area contributed by atoms with Gasteiger partial charge in [0.05, 0.1) is 19.3 Å². The zero-order valence-corrected chi connectivity index (χ0v) is 21.9. The van der Waals surface area contributed by atoms with Crippen molar-refractivity contribution in [2.75, 3.05) is 30.8 Å². The molecule has 0 radical (unpaired) electrons. The molecule has 194 valence electrons. The Morgan fingerprint density at radius 2 is 1.81 bits per heavy atom. The number of halogens is 1. The molecule has 1 aliphatic rings. The zero-order chi connectivity index (χ0) is 26.5. The number of esters is 1. The molecule has 2 aromatic carbocycles. The smallest absolute Gasteiger partial charge is 0.350 e.